The normalized spacial score (nSPS) is 34.2. The Labute approximate surface area is 86.0 Å². The topological polar surface area (TPSA) is 26.3 Å². The summed E-state index contributed by atoms with van der Waals surface area (Å²) in [6.45, 7) is 3.22. The second-order valence-electron chi connectivity index (χ2n) is 5.04. The quantitative estimate of drug-likeness (QED) is 0.693. The highest BCUT2D eigenvalue weighted by molar-refractivity contribution is 5.85. The van der Waals surface area contributed by atoms with Gasteiger partial charge in [0, 0.05) is 19.4 Å². The van der Waals surface area contributed by atoms with Gasteiger partial charge in [-0.25, -0.2) is 0 Å². The maximum Gasteiger partial charge on any atom is 0.138 e. The van der Waals surface area contributed by atoms with Gasteiger partial charge in [0.05, 0.1) is 6.10 Å². The van der Waals surface area contributed by atoms with E-state index in [-0.39, 0.29) is 6.10 Å². The maximum absolute atomic E-state index is 10.7. The molecular formula is C12H20O2. The molecule has 0 aromatic carbocycles. The molecule has 2 aliphatic rings. The fraction of sp³-hybridized carbons (Fsp3) is 0.917. The number of ketones is 1. The van der Waals surface area contributed by atoms with Gasteiger partial charge in [0.25, 0.3) is 0 Å². The van der Waals surface area contributed by atoms with Crippen molar-refractivity contribution >= 4 is 5.78 Å². The molecule has 14 heavy (non-hydrogen) atoms. The first kappa shape index (κ1) is 10.2. The smallest absolute Gasteiger partial charge is 0.138 e. The van der Waals surface area contributed by atoms with Crippen LogP contribution in [0, 0.1) is 11.8 Å². The van der Waals surface area contributed by atoms with Gasteiger partial charge in [0.2, 0.25) is 0 Å². The molecule has 0 bridgehead atoms. The summed E-state index contributed by atoms with van der Waals surface area (Å²) in [6.07, 6.45) is 6.99. The van der Waals surface area contributed by atoms with Crippen LogP contribution >= 0.6 is 0 Å². The molecule has 2 aliphatic carbocycles. The van der Waals surface area contributed by atoms with Gasteiger partial charge >= 0.3 is 0 Å². The highest BCUT2D eigenvalue weighted by Crippen LogP contribution is 2.30. The van der Waals surface area contributed by atoms with Crippen molar-refractivity contribution in [2.45, 2.75) is 51.6 Å². The van der Waals surface area contributed by atoms with Crippen LogP contribution in [-0.4, -0.2) is 18.5 Å². The van der Waals surface area contributed by atoms with E-state index in [1.54, 1.807) is 0 Å². The molecule has 0 N–H and O–H groups in total. The molecular weight excluding hydrogens is 176 g/mol. The van der Waals surface area contributed by atoms with E-state index >= 15 is 0 Å². The zero-order valence-electron chi connectivity index (χ0n) is 9.00. The average Bonchev–Trinajstić information content (AvgIpc) is 2.11. The van der Waals surface area contributed by atoms with Crippen LogP contribution in [0.3, 0.4) is 0 Å². The molecule has 2 heteroatoms. The van der Waals surface area contributed by atoms with E-state index in [0.29, 0.717) is 18.6 Å². The summed E-state index contributed by atoms with van der Waals surface area (Å²) >= 11 is 0. The van der Waals surface area contributed by atoms with Gasteiger partial charge in [-0.2, -0.15) is 0 Å². The van der Waals surface area contributed by atoms with Gasteiger partial charge in [0.15, 0.2) is 0 Å². The van der Waals surface area contributed by atoms with Gasteiger partial charge in [-0.1, -0.05) is 19.8 Å². The van der Waals surface area contributed by atoms with Gasteiger partial charge in [-0.15, -0.1) is 0 Å². The van der Waals surface area contributed by atoms with E-state index < -0.39 is 0 Å². The molecule has 0 heterocycles. The van der Waals surface area contributed by atoms with Crippen LogP contribution < -0.4 is 0 Å². The molecule has 2 unspecified atom stereocenters. The lowest BCUT2D eigenvalue weighted by Gasteiger charge is -2.30. The molecule has 2 atom stereocenters. The van der Waals surface area contributed by atoms with Crippen LogP contribution in [0.15, 0.2) is 0 Å². The molecule has 80 valence electrons. The first-order valence-electron chi connectivity index (χ1n) is 5.87. The highest BCUT2D eigenvalue weighted by Gasteiger charge is 2.28. The average molecular weight is 196 g/mol. The van der Waals surface area contributed by atoms with Crippen LogP contribution in [0.5, 0.6) is 0 Å². The molecule has 0 aromatic rings. The van der Waals surface area contributed by atoms with Crippen molar-refractivity contribution < 1.29 is 9.53 Å². The van der Waals surface area contributed by atoms with Crippen molar-refractivity contribution in [2.24, 2.45) is 11.8 Å². The third-order valence-corrected chi connectivity index (χ3v) is 3.52. The maximum atomic E-state index is 10.7. The van der Waals surface area contributed by atoms with E-state index in [4.69, 9.17) is 4.74 Å². The van der Waals surface area contributed by atoms with Crippen molar-refractivity contribution in [3.8, 4) is 0 Å². The van der Waals surface area contributed by atoms with E-state index in [1.807, 2.05) is 0 Å². The number of rotatable bonds is 3. The van der Waals surface area contributed by atoms with Crippen LogP contribution in [0.2, 0.25) is 0 Å². The fourth-order valence-electron chi connectivity index (χ4n) is 2.55. The van der Waals surface area contributed by atoms with Crippen LogP contribution in [-0.2, 0) is 9.53 Å². The second kappa shape index (κ2) is 4.43. The predicted octanol–water partition coefficient (Wildman–Crippen LogP) is 2.56. The Balaban J connectivity index is 1.62. The molecule has 2 rings (SSSR count). The largest absolute Gasteiger partial charge is 0.377 e. The van der Waals surface area contributed by atoms with E-state index in [1.165, 1.54) is 25.7 Å². The van der Waals surface area contributed by atoms with E-state index in [9.17, 15) is 4.79 Å². The van der Waals surface area contributed by atoms with Gasteiger partial charge in [-0.3, -0.25) is 4.79 Å². The minimum atomic E-state index is 0.264. The summed E-state index contributed by atoms with van der Waals surface area (Å²) in [6, 6.07) is 0. The molecule has 0 spiro atoms. The Morgan fingerprint density at radius 1 is 1.36 bits per heavy atom. The Morgan fingerprint density at radius 2 is 2.14 bits per heavy atom. The zero-order chi connectivity index (χ0) is 9.97. The molecule has 0 radical (unpaired) electrons. The van der Waals surface area contributed by atoms with Crippen LogP contribution in [0.25, 0.3) is 0 Å². The lowest BCUT2D eigenvalue weighted by molar-refractivity contribution is -0.135. The monoisotopic (exact) mass is 196 g/mol. The minimum absolute atomic E-state index is 0.264. The lowest BCUT2D eigenvalue weighted by atomic mass is 9.83. The van der Waals surface area contributed by atoms with Crippen molar-refractivity contribution in [3.05, 3.63) is 0 Å². The Kier molecular flexibility index (Phi) is 3.22. The van der Waals surface area contributed by atoms with Crippen molar-refractivity contribution in [3.63, 3.8) is 0 Å². The Hall–Kier alpha value is -0.370. The van der Waals surface area contributed by atoms with E-state index in [0.717, 1.165) is 18.4 Å². The highest BCUT2D eigenvalue weighted by atomic mass is 16.5. The number of carbonyl (C=O) groups excluding carboxylic acids is 1. The van der Waals surface area contributed by atoms with Crippen LogP contribution in [0.1, 0.15) is 45.4 Å². The SMILES string of the molecule is CC1CCCC(COC2CC(=O)C2)C1. The zero-order valence-corrected chi connectivity index (χ0v) is 9.00. The predicted molar refractivity (Wildman–Crippen MR) is 55.1 cm³/mol. The van der Waals surface area contributed by atoms with Crippen molar-refractivity contribution in [1.82, 2.24) is 0 Å². The third kappa shape index (κ3) is 2.57. The summed E-state index contributed by atoms with van der Waals surface area (Å²) < 4.78 is 5.72. The summed E-state index contributed by atoms with van der Waals surface area (Å²) in [7, 11) is 0. The summed E-state index contributed by atoms with van der Waals surface area (Å²) in [5, 5.41) is 0. The number of carbonyl (C=O) groups is 1. The molecule has 2 nitrogen and oxygen atoms in total. The minimum Gasteiger partial charge on any atom is -0.377 e. The van der Waals surface area contributed by atoms with Gasteiger partial charge in [0.1, 0.15) is 5.78 Å². The molecule has 0 aliphatic heterocycles. The molecule has 0 aromatic heterocycles. The van der Waals surface area contributed by atoms with Gasteiger partial charge < -0.3 is 4.74 Å². The summed E-state index contributed by atoms with van der Waals surface area (Å²) in [5.74, 6) is 2.00. The van der Waals surface area contributed by atoms with Crippen molar-refractivity contribution in [1.29, 1.82) is 0 Å². The molecule has 2 saturated carbocycles. The lowest BCUT2D eigenvalue weighted by Crippen LogP contribution is -2.33. The number of Topliss-reactive ketones (excluding diaryl/α,β-unsaturated/α-hetero) is 1. The third-order valence-electron chi connectivity index (χ3n) is 3.52. The first-order valence-corrected chi connectivity index (χ1v) is 5.87. The number of hydrogen-bond donors (Lipinski definition) is 0. The number of hydrogen-bond acceptors (Lipinski definition) is 2. The Morgan fingerprint density at radius 3 is 2.79 bits per heavy atom. The molecule has 2 fully saturated rings. The summed E-state index contributed by atoms with van der Waals surface area (Å²) in [4.78, 5) is 10.7. The molecule has 0 saturated heterocycles. The Bertz CT molecular complexity index is 204. The van der Waals surface area contributed by atoms with Crippen molar-refractivity contribution in [2.75, 3.05) is 6.61 Å². The standard InChI is InChI=1S/C12H20O2/c1-9-3-2-4-10(5-9)8-14-12-6-11(13)7-12/h9-10,12H,2-8H2,1H3. The van der Waals surface area contributed by atoms with Crippen LogP contribution in [0.4, 0.5) is 0 Å². The fourth-order valence-corrected chi connectivity index (χ4v) is 2.55. The van der Waals surface area contributed by atoms with E-state index in [2.05, 4.69) is 6.92 Å². The molecule has 0 amide bonds. The first-order chi connectivity index (χ1) is 6.74. The second-order valence-corrected chi connectivity index (χ2v) is 5.04. The number of ether oxygens (including phenoxy) is 1. The van der Waals surface area contributed by atoms with Gasteiger partial charge in [-0.05, 0) is 24.7 Å². The summed E-state index contributed by atoms with van der Waals surface area (Å²) in [5.41, 5.74) is 0.